The number of amides is 1. The Morgan fingerprint density at radius 2 is 1.68 bits per heavy atom. The lowest BCUT2D eigenvalue weighted by atomic mass is 9.86. The van der Waals surface area contributed by atoms with Crippen molar-refractivity contribution in [3.8, 4) is 0 Å². The van der Waals surface area contributed by atoms with Crippen molar-refractivity contribution in [1.29, 1.82) is 0 Å². The Hall–Kier alpha value is -1.49. The monoisotopic (exact) mass is 321 g/mol. The molecule has 0 atom stereocenters. The van der Waals surface area contributed by atoms with Crippen LogP contribution >= 0.6 is 11.8 Å². The van der Waals surface area contributed by atoms with E-state index >= 15 is 0 Å². The molecule has 1 aliphatic heterocycles. The lowest BCUT2D eigenvalue weighted by Gasteiger charge is -2.33. The molecule has 1 aromatic carbocycles. The number of carbonyl (C=O) groups is 2. The first-order valence-corrected chi connectivity index (χ1v) is 8.64. The van der Waals surface area contributed by atoms with Gasteiger partial charge in [-0.2, -0.15) is 11.8 Å². The number of nitrogens with one attached hydrogen (secondary N) is 1. The number of hydrogen-bond donors (Lipinski definition) is 2. The average Bonchev–Trinajstić information content (AvgIpc) is 2.47. The molecule has 1 saturated heterocycles. The van der Waals surface area contributed by atoms with E-state index in [1.54, 1.807) is 23.9 Å². The van der Waals surface area contributed by atoms with Gasteiger partial charge in [-0.25, -0.2) is 4.79 Å². The molecule has 0 aliphatic carbocycles. The smallest absolute Gasteiger partial charge is 0.329 e. The molecule has 1 amide bonds. The fraction of sp³-hybridized carbons (Fsp3) is 0.529. The quantitative estimate of drug-likeness (QED) is 0.898. The first kappa shape index (κ1) is 16.9. The Morgan fingerprint density at radius 3 is 2.14 bits per heavy atom. The van der Waals surface area contributed by atoms with Crippen LogP contribution in [0.1, 0.15) is 49.5 Å². The van der Waals surface area contributed by atoms with E-state index in [-0.39, 0.29) is 11.3 Å². The largest absolute Gasteiger partial charge is 0.480 e. The Balaban J connectivity index is 2.15. The molecule has 0 bridgehead atoms. The van der Waals surface area contributed by atoms with Crippen molar-refractivity contribution < 1.29 is 14.7 Å². The van der Waals surface area contributed by atoms with Crippen LogP contribution in [0.4, 0.5) is 0 Å². The topological polar surface area (TPSA) is 66.4 Å². The number of thioether (sulfide) groups is 1. The number of hydrogen-bond acceptors (Lipinski definition) is 3. The van der Waals surface area contributed by atoms with Crippen molar-refractivity contribution >= 4 is 23.6 Å². The van der Waals surface area contributed by atoms with Crippen molar-refractivity contribution in [2.75, 3.05) is 11.5 Å². The van der Waals surface area contributed by atoms with Crippen LogP contribution in [0.25, 0.3) is 0 Å². The van der Waals surface area contributed by atoms with E-state index in [1.807, 2.05) is 12.1 Å². The summed E-state index contributed by atoms with van der Waals surface area (Å²) in [7, 11) is 0. The van der Waals surface area contributed by atoms with Gasteiger partial charge in [0.2, 0.25) is 0 Å². The summed E-state index contributed by atoms with van der Waals surface area (Å²) < 4.78 is 0. The number of carbonyl (C=O) groups excluding carboxylic acids is 1. The van der Waals surface area contributed by atoms with Gasteiger partial charge in [0, 0.05) is 5.56 Å². The molecule has 0 radical (unpaired) electrons. The second-order valence-electron chi connectivity index (χ2n) is 6.78. The van der Waals surface area contributed by atoms with E-state index in [2.05, 4.69) is 26.1 Å². The number of aliphatic carboxylic acids is 1. The van der Waals surface area contributed by atoms with Gasteiger partial charge < -0.3 is 10.4 Å². The first-order chi connectivity index (χ1) is 10.2. The summed E-state index contributed by atoms with van der Waals surface area (Å²) in [6.45, 7) is 6.34. The summed E-state index contributed by atoms with van der Waals surface area (Å²) in [5, 5.41) is 12.3. The van der Waals surface area contributed by atoms with Crippen LogP contribution < -0.4 is 5.32 Å². The molecule has 120 valence electrons. The maximum absolute atomic E-state index is 12.4. The van der Waals surface area contributed by atoms with E-state index in [1.165, 1.54) is 0 Å². The molecule has 1 aromatic rings. The van der Waals surface area contributed by atoms with E-state index in [4.69, 9.17) is 0 Å². The van der Waals surface area contributed by atoms with Crippen molar-refractivity contribution in [3.63, 3.8) is 0 Å². The number of benzene rings is 1. The lowest BCUT2D eigenvalue weighted by molar-refractivity contribution is -0.144. The number of carboxylic acids is 1. The molecule has 1 heterocycles. The second kappa shape index (κ2) is 6.32. The zero-order valence-electron chi connectivity index (χ0n) is 13.3. The summed E-state index contributed by atoms with van der Waals surface area (Å²) in [5.74, 6) is 0.271. The highest BCUT2D eigenvalue weighted by Crippen LogP contribution is 2.28. The number of rotatable bonds is 3. The van der Waals surface area contributed by atoms with E-state index in [9.17, 15) is 14.7 Å². The summed E-state index contributed by atoms with van der Waals surface area (Å²) >= 11 is 1.73. The normalized spacial score (nSPS) is 17.8. The van der Waals surface area contributed by atoms with Gasteiger partial charge in [0.1, 0.15) is 5.54 Å². The van der Waals surface area contributed by atoms with Gasteiger partial charge in [-0.3, -0.25) is 4.79 Å². The SMILES string of the molecule is CC(C)(C)c1ccc(C(=O)NC2(C(=O)O)CCSCC2)cc1. The van der Waals surface area contributed by atoms with Crippen LogP contribution in [0.15, 0.2) is 24.3 Å². The van der Waals surface area contributed by atoms with Crippen LogP contribution in [0, 0.1) is 0 Å². The van der Waals surface area contributed by atoms with Gasteiger partial charge in [-0.1, -0.05) is 32.9 Å². The Bertz CT molecular complexity index is 554. The third-order valence-corrected chi connectivity index (χ3v) is 5.11. The summed E-state index contributed by atoms with van der Waals surface area (Å²) in [6, 6.07) is 7.39. The second-order valence-corrected chi connectivity index (χ2v) is 8.01. The molecule has 0 spiro atoms. The predicted molar refractivity (Wildman–Crippen MR) is 89.5 cm³/mol. The van der Waals surface area contributed by atoms with Crippen LogP contribution in [0.2, 0.25) is 0 Å². The molecule has 1 fully saturated rings. The molecule has 0 unspecified atom stereocenters. The molecule has 5 heteroatoms. The molecule has 2 rings (SSSR count). The third-order valence-electron chi connectivity index (χ3n) is 4.12. The predicted octanol–water partition coefficient (Wildman–Crippen LogP) is 3.06. The molecule has 0 aromatic heterocycles. The first-order valence-electron chi connectivity index (χ1n) is 7.49. The maximum Gasteiger partial charge on any atom is 0.329 e. The van der Waals surface area contributed by atoms with Crippen LogP contribution in [0.3, 0.4) is 0 Å². The minimum absolute atomic E-state index is 0.0257. The van der Waals surface area contributed by atoms with Gasteiger partial charge in [-0.05, 0) is 47.5 Å². The lowest BCUT2D eigenvalue weighted by Crippen LogP contribution is -2.56. The van der Waals surface area contributed by atoms with Crippen molar-refractivity contribution in [3.05, 3.63) is 35.4 Å². The highest BCUT2D eigenvalue weighted by atomic mass is 32.2. The molecular formula is C17H23NO3S. The van der Waals surface area contributed by atoms with E-state index in [0.29, 0.717) is 18.4 Å². The van der Waals surface area contributed by atoms with E-state index < -0.39 is 11.5 Å². The van der Waals surface area contributed by atoms with Crippen LogP contribution in [-0.2, 0) is 10.2 Å². The van der Waals surface area contributed by atoms with Crippen LogP contribution in [-0.4, -0.2) is 34.0 Å². The van der Waals surface area contributed by atoms with Crippen molar-refractivity contribution in [2.24, 2.45) is 0 Å². The highest BCUT2D eigenvalue weighted by Gasteiger charge is 2.41. The molecule has 2 N–H and O–H groups in total. The minimum atomic E-state index is -1.12. The van der Waals surface area contributed by atoms with Gasteiger partial charge >= 0.3 is 5.97 Å². The average molecular weight is 321 g/mol. The summed E-state index contributed by atoms with van der Waals surface area (Å²) in [6.07, 6.45) is 0.942. The zero-order chi connectivity index (χ0) is 16.4. The van der Waals surface area contributed by atoms with Gasteiger partial charge in [0.25, 0.3) is 5.91 Å². The van der Waals surface area contributed by atoms with Crippen molar-refractivity contribution in [1.82, 2.24) is 5.32 Å². The third kappa shape index (κ3) is 3.64. The Morgan fingerprint density at radius 1 is 1.14 bits per heavy atom. The molecule has 4 nitrogen and oxygen atoms in total. The molecule has 1 aliphatic rings. The minimum Gasteiger partial charge on any atom is -0.480 e. The van der Waals surface area contributed by atoms with Crippen LogP contribution in [0.5, 0.6) is 0 Å². The number of carboxylic acid groups (broad SMARTS) is 1. The summed E-state index contributed by atoms with van der Waals surface area (Å²) in [4.78, 5) is 24.0. The fourth-order valence-corrected chi connectivity index (χ4v) is 3.71. The molecule has 22 heavy (non-hydrogen) atoms. The fourth-order valence-electron chi connectivity index (χ4n) is 2.52. The summed E-state index contributed by atoms with van der Waals surface area (Å²) in [5.41, 5.74) is 0.557. The highest BCUT2D eigenvalue weighted by molar-refractivity contribution is 7.99. The van der Waals surface area contributed by atoms with Gasteiger partial charge in [-0.15, -0.1) is 0 Å². The Kier molecular flexibility index (Phi) is 4.85. The van der Waals surface area contributed by atoms with E-state index in [0.717, 1.165) is 17.1 Å². The van der Waals surface area contributed by atoms with Crippen molar-refractivity contribution in [2.45, 2.75) is 44.6 Å². The van der Waals surface area contributed by atoms with Gasteiger partial charge in [0.05, 0.1) is 0 Å². The molecular weight excluding hydrogens is 298 g/mol. The van der Waals surface area contributed by atoms with Gasteiger partial charge in [0.15, 0.2) is 0 Å². The zero-order valence-corrected chi connectivity index (χ0v) is 14.1. The Labute approximate surface area is 135 Å². The maximum atomic E-state index is 12.4. The standard InChI is InChI=1S/C17H23NO3S/c1-16(2,3)13-6-4-12(5-7-13)14(19)18-17(15(20)21)8-10-22-11-9-17/h4-7H,8-11H2,1-3H3,(H,18,19)(H,20,21). The molecule has 0 saturated carbocycles.